The van der Waals surface area contributed by atoms with E-state index in [0.29, 0.717) is 12.1 Å². The van der Waals surface area contributed by atoms with Crippen LogP contribution in [0.5, 0.6) is 0 Å². The maximum atomic E-state index is 14.3. The van der Waals surface area contributed by atoms with Crippen molar-refractivity contribution in [3.8, 4) is 0 Å². The van der Waals surface area contributed by atoms with Crippen LogP contribution < -0.4 is 10.6 Å². The number of halogens is 6. The number of nitrogens with one attached hydrogen (secondary N) is 2. The summed E-state index contributed by atoms with van der Waals surface area (Å²) in [7, 11) is 0. The Morgan fingerprint density at radius 2 is 1.76 bits per heavy atom. The number of fused-ring (bicyclic) bond motifs is 1. The molecule has 1 aromatic heterocycles. The van der Waals surface area contributed by atoms with Crippen LogP contribution in [-0.2, 0) is 40.0 Å². The molecule has 0 aliphatic carbocycles. The lowest BCUT2D eigenvalue weighted by atomic mass is 10.0. The van der Waals surface area contributed by atoms with E-state index in [0.717, 1.165) is 4.57 Å². The van der Waals surface area contributed by atoms with E-state index >= 15 is 0 Å². The van der Waals surface area contributed by atoms with E-state index in [4.69, 9.17) is 4.74 Å². The number of hydrogen-bond acceptors (Lipinski definition) is 5. The standard InChI is InChI=1S/C23H25F6N5O4/c1-22(2,3)38-21(37)31-13(6-12-7-15(25)16(26)9-14(12)24)8-18(36)33-4-5-34-17(10-33)19(30-11-35)32-20(34)23(27,28)29/h7,9,11,13H,4-6,8,10H2,1-3H3,(H,30,35)(H,31,37). The quantitative estimate of drug-likeness (QED) is 0.311. The molecule has 2 heterocycles. The zero-order valence-electron chi connectivity index (χ0n) is 20.6. The van der Waals surface area contributed by atoms with Gasteiger partial charge < -0.3 is 24.8 Å². The van der Waals surface area contributed by atoms with Crippen LogP contribution in [0.15, 0.2) is 12.1 Å². The van der Waals surface area contributed by atoms with Crippen LogP contribution in [0.3, 0.4) is 0 Å². The molecular weight excluding hydrogens is 524 g/mol. The number of nitrogens with zero attached hydrogens (tertiary/aromatic N) is 3. The fourth-order valence-electron chi connectivity index (χ4n) is 3.94. The molecule has 0 bridgehead atoms. The van der Waals surface area contributed by atoms with E-state index in [9.17, 15) is 40.7 Å². The van der Waals surface area contributed by atoms with Crippen LogP contribution in [0.4, 0.5) is 37.0 Å². The molecule has 38 heavy (non-hydrogen) atoms. The molecule has 0 fully saturated rings. The first-order valence-corrected chi connectivity index (χ1v) is 11.4. The van der Waals surface area contributed by atoms with Gasteiger partial charge in [-0.1, -0.05) is 0 Å². The molecule has 1 aromatic carbocycles. The molecule has 3 amide bonds. The SMILES string of the molecule is CC(C)(C)OC(=O)NC(CC(=O)N1CCn2c(C(F)(F)F)nc(NC=O)c2C1)Cc1cc(F)c(F)cc1F. The first-order chi connectivity index (χ1) is 17.6. The Kier molecular flexibility index (Phi) is 8.27. The summed E-state index contributed by atoms with van der Waals surface area (Å²) in [6.45, 7) is 3.95. The fourth-order valence-corrected chi connectivity index (χ4v) is 3.94. The van der Waals surface area contributed by atoms with Gasteiger partial charge in [-0.2, -0.15) is 13.2 Å². The molecule has 9 nitrogen and oxygen atoms in total. The molecule has 2 N–H and O–H groups in total. The predicted molar refractivity (Wildman–Crippen MR) is 120 cm³/mol. The number of alkyl carbamates (subject to hydrolysis) is 1. The Morgan fingerprint density at radius 1 is 1.11 bits per heavy atom. The van der Waals surface area contributed by atoms with Crippen LogP contribution in [0.1, 0.15) is 44.3 Å². The Bertz CT molecular complexity index is 1220. The summed E-state index contributed by atoms with van der Waals surface area (Å²) in [4.78, 5) is 41.0. The van der Waals surface area contributed by atoms with Crippen molar-refractivity contribution in [3.05, 3.63) is 46.7 Å². The smallest absolute Gasteiger partial charge is 0.444 e. The van der Waals surface area contributed by atoms with E-state index in [-0.39, 0.29) is 43.1 Å². The van der Waals surface area contributed by atoms with Crippen LogP contribution >= 0.6 is 0 Å². The first-order valence-electron chi connectivity index (χ1n) is 11.4. The summed E-state index contributed by atoms with van der Waals surface area (Å²) in [5.74, 6) is -6.09. The normalized spacial score (nSPS) is 14.5. The third kappa shape index (κ3) is 6.95. The summed E-state index contributed by atoms with van der Waals surface area (Å²) in [6, 6.07) is -0.210. The Hall–Kier alpha value is -3.78. The number of ether oxygens (including phenoxy) is 1. The topological polar surface area (TPSA) is 106 Å². The highest BCUT2D eigenvalue weighted by Gasteiger charge is 2.41. The largest absolute Gasteiger partial charge is 0.449 e. The average Bonchev–Trinajstić information content (AvgIpc) is 3.14. The monoisotopic (exact) mass is 549 g/mol. The fraction of sp³-hybridized carbons (Fsp3) is 0.478. The number of benzene rings is 1. The van der Waals surface area contributed by atoms with Crippen molar-refractivity contribution in [1.82, 2.24) is 19.8 Å². The summed E-state index contributed by atoms with van der Waals surface area (Å²) in [5.41, 5.74) is -1.30. The van der Waals surface area contributed by atoms with Gasteiger partial charge in [0.15, 0.2) is 17.5 Å². The van der Waals surface area contributed by atoms with E-state index in [1.165, 1.54) is 4.90 Å². The minimum absolute atomic E-state index is 0.0627. The molecule has 208 valence electrons. The van der Waals surface area contributed by atoms with E-state index in [1.807, 2.05) is 0 Å². The van der Waals surface area contributed by atoms with Crippen molar-refractivity contribution in [2.75, 3.05) is 11.9 Å². The highest BCUT2D eigenvalue weighted by molar-refractivity contribution is 5.79. The lowest BCUT2D eigenvalue weighted by Crippen LogP contribution is -2.45. The van der Waals surface area contributed by atoms with Crippen molar-refractivity contribution in [3.63, 3.8) is 0 Å². The molecule has 1 atom stereocenters. The Balaban J connectivity index is 1.83. The maximum Gasteiger partial charge on any atom is 0.449 e. The minimum atomic E-state index is -4.80. The second kappa shape index (κ2) is 10.9. The first kappa shape index (κ1) is 28.8. The van der Waals surface area contributed by atoms with Crippen molar-refractivity contribution >= 4 is 24.2 Å². The summed E-state index contributed by atoms with van der Waals surface area (Å²) in [5, 5.41) is 4.50. The van der Waals surface area contributed by atoms with Gasteiger partial charge in [-0.3, -0.25) is 9.59 Å². The maximum absolute atomic E-state index is 14.3. The zero-order chi connectivity index (χ0) is 28.4. The van der Waals surface area contributed by atoms with E-state index in [2.05, 4.69) is 15.6 Å². The molecule has 1 aliphatic heterocycles. The highest BCUT2D eigenvalue weighted by Crippen LogP contribution is 2.34. The number of imidazole rings is 1. The number of anilines is 1. The van der Waals surface area contributed by atoms with Crippen molar-refractivity contribution in [2.24, 2.45) is 0 Å². The van der Waals surface area contributed by atoms with Gasteiger partial charge in [0.1, 0.15) is 11.4 Å². The van der Waals surface area contributed by atoms with Gasteiger partial charge in [0, 0.05) is 31.6 Å². The number of hydrogen-bond donors (Lipinski definition) is 2. The highest BCUT2D eigenvalue weighted by atomic mass is 19.4. The van der Waals surface area contributed by atoms with Gasteiger partial charge >= 0.3 is 12.3 Å². The number of aromatic nitrogens is 2. The zero-order valence-corrected chi connectivity index (χ0v) is 20.6. The van der Waals surface area contributed by atoms with E-state index in [1.54, 1.807) is 20.8 Å². The lowest BCUT2D eigenvalue weighted by Gasteiger charge is -2.31. The van der Waals surface area contributed by atoms with Crippen LogP contribution in [0, 0.1) is 17.5 Å². The summed E-state index contributed by atoms with van der Waals surface area (Å²) >= 11 is 0. The second-order valence-electron chi connectivity index (χ2n) is 9.57. The Morgan fingerprint density at radius 3 is 2.37 bits per heavy atom. The molecule has 0 saturated heterocycles. The van der Waals surface area contributed by atoms with Gasteiger partial charge in [-0.25, -0.2) is 22.9 Å². The van der Waals surface area contributed by atoms with Gasteiger partial charge in [-0.05, 0) is 38.8 Å². The average molecular weight is 549 g/mol. The molecule has 1 unspecified atom stereocenters. The third-order valence-electron chi connectivity index (χ3n) is 5.51. The number of carbonyl (C=O) groups is 3. The third-order valence-corrected chi connectivity index (χ3v) is 5.51. The van der Waals surface area contributed by atoms with Gasteiger partial charge in [0.2, 0.25) is 18.1 Å². The number of alkyl halides is 3. The second-order valence-corrected chi connectivity index (χ2v) is 9.57. The molecule has 2 aromatic rings. The number of rotatable bonds is 7. The summed E-state index contributed by atoms with van der Waals surface area (Å²) < 4.78 is 87.5. The molecule has 0 radical (unpaired) electrons. The Labute approximate surface area is 213 Å². The van der Waals surface area contributed by atoms with Crippen molar-refractivity contribution in [1.29, 1.82) is 0 Å². The van der Waals surface area contributed by atoms with Crippen LogP contribution in [0.25, 0.3) is 0 Å². The predicted octanol–water partition coefficient (Wildman–Crippen LogP) is 3.76. The lowest BCUT2D eigenvalue weighted by molar-refractivity contribution is -0.148. The number of amides is 3. The van der Waals surface area contributed by atoms with Crippen LogP contribution in [0.2, 0.25) is 0 Å². The minimum Gasteiger partial charge on any atom is -0.444 e. The van der Waals surface area contributed by atoms with Gasteiger partial charge in [-0.15, -0.1) is 0 Å². The molecule has 15 heteroatoms. The molecule has 1 aliphatic rings. The molecule has 0 saturated carbocycles. The van der Waals surface area contributed by atoms with E-state index < -0.39 is 65.9 Å². The van der Waals surface area contributed by atoms with Gasteiger partial charge in [0.25, 0.3) is 0 Å². The van der Waals surface area contributed by atoms with Crippen molar-refractivity contribution in [2.45, 2.75) is 64.5 Å². The molecule has 3 rings (SSSR count). The van der Waals surface area contributed by atoms with Gasteiger partial charge in [0.05, 0.1) is 12.2 Å². The number of carbonyl (C=O) groups excluding carboxylic acids is 3. The molecule has 0 spiro atoms. The summed E-state index contributed by atoms with van der Waals surface area (Å²) in [6.07, 6.45) is -6.51. The van der Waals surface area contributed by atoms with Crippen molar-refractivity contribution < 1.29 is 45.5 Å². The molecular formula is C23H25F6N5O4. The van der Waals surface area contributed by atoms with Crippen LogP contribution in [-0.4, -0.2) is 51.0 Å².